The molecule has 4 nitrogen and oxygen atoms in total. The fraction of sp³-hybridized carbons (Fsp3) is 0.125. The minimum Gasteiger partial charge on any atom is -0.310 e. The first-order valence-electron chi connectivity index (χ1n) is 6.47. The van der Waals surface area contributed by atoms with Crippen molar-refractivity contribution < 1.29 is 4.79 Å². The minimum absolute atomic E-state index is 0.107. The number of anilines is 1. The Hall–Kier alpha value is -2.62. The van der Waals surface area contributed by atoms with Crippen molar-refractivity contribution in [2.24, 2.45) is 0 Å². The van der Waals surface area contributed by atoms with Gasteiger partial charge >= 0.3 is 0 Å². The van der Waals surface area contributed by atoms with E-state index in [9.17, 15) is 4.79 Å². The summed E-state index contributed by atoms with van der Waals surface area (Å²) in [5.41, 5.74) is 3.78. The molecule has 2 heterocycles. The highest BCUT2D eigenvalue weighted by Gasteiger charge is 2.14. The highest BCUT2D eigenvalue weighted by molar-refractivity contribution is 5.93. The molecule has 2 aromatic heterocycles. The molecule has 3 rings (SSSR count). The molecule has 0 aliphatic carbocycles. The molecule has 0 radical (unpaired) electrons. The Morgan fingerprint density at radius 3 is 2.60 bits per heavy atom. The molecule has 0 saturated carbocycles. The molecule has 0 atom stereocenters. The minimum atomic E-state index is -0.107. The van der Waals surface area contributed by atoms with Crippen LogP contribution in [0.5, 0.6) is 0 Å². The van der Waals surface area contributed by atoms with Crippen molar-refractivity contribution in [2.45, 2.75) is 13.8 Å². The van der Waals surface area contributed by atoms with Crippen LogP contribution in [0.15, 0.2) is 48.7 Å². The van der Waals surface area contributed by atoms with Crippen LogP contribution in [-0.4, -0.2) is 15.3 Å². The van der Waals surface area contributed by atoms with E-state index in [2.05, 4.69) is 10.3 Å². The lowest BCUT2D eigenvalue weighted by molar-refractivity contribution is -0.114. The number of imidazole rings is 1. The number of rotatable bonds is 2. The van der Waals surface area contributed by atoms with Crippen molar-refractivity contribution in [3.63, 3.8) is 0 Å². The Morgan fingerprint density at radius 2 is 1.90 bits per heavy atom. The SMILES string of the molecule is CC(=O)Nc1c(-c2ccc(C)cc2)nc2ccccn12. The summed E-state index contributed by atoms with van der Waals surface area (Å²) in [6.07, 6.45) is 1.89. The van der Waals surface area contributed by atoms with Crippen molar-refractivity contribution in [1.82, 2.24) is 9.38 Å². The molecular weight excluding hydrogens is 250 g/mol. The molecule has 100 valence electrons. The van der Waals surface area contributed by atoms with Gasteiger partial charge in [0.2, 0.25) is 5.91 Å². The highest BCUT2D eigenvalue weighted by atomic mass is 16.1. The Morgan fingerprint density at radius 1 is 1.15 bits per heavy atom. The van der Waals surface area contributed by atoms with E-state index >= 15 is 0 Å². The van der Waals surface area contributed by atoms with E-state index in [1.807, 2.05) is 60.0 Å². The van der Waals surface area contributed by atoms with E-state index in [-0.39, 0.29) is 5.91 Å². The van der Waals surface area contributed by atoms with Crippen LogP contribution in [0, 0.1) is 6.92 Å². The van der Waals surface area contributed by atoms with E-state index < -0.39 is 0 Å². The van der Waals surface area contributed by atoms with Gasteiger partial charge in [-0.3, -0.25) is 9.20 Å². The molecule has 4 heteroatoms. The maximum Gasteiger partial charge on any atom is 0.222 e. The fourth-order valence-corrected chi connectivity index (χ4v) is 2.19. The van der Waals surface area contributed by atoms with Crippen LogP contribution in [0.4, 0.5) is 5.82 Å². The Bertz CT molecular complexity index is 772. The Kier molecular flexibility index (Phi) is 2.99. The molecule has 0 spiro atoms. The lowest BCUT2D eigenvalue weighted by atomic mass is 10.1. The number of amides is 1. The smallest absolute Gasteiger partial charge is 0.222 e. The predicted octanol–water partition coefficient (Wildman–Crippen LogP) is 3.27. The quantitative estimate of drug-likeness (QED) is 0.773. The number of nitrogens with one attached hydrogen (secondary N) is 1. The van der Waals surface area contributed by atoms with Gasteiger partial charge in [0.05, 0.1) is 0 Å². The number of benzene rings is 1. The number of hydrogen-bond donors (Lipinski definition) is 1. The molecule has 0 saturated heterocycles. The molecular formula is C16H15N3O. The van der Waals surface area contributed by atoms with Crippen LogP contribution in [0.1, 0.15) is 12.5 Å². The molecule has 0 fully saturated rings. The van der Waals surface area contributed by atoms with Gasteiger partial charge in [-0.1, -0.05) is 35.9 Å². The maximum absolute atomic E-state index is 11.4. The molecule has 20 heavy (non-hydrogen) atoms. The van der Waals surface area contributed by atoms with Crippen LogP contribution in [0.3, 0.4) is 0 Å². The van der Waals surface area contributed by atoms with Gasteiger partial charge in [-0.05, 0) is 19.1 Å². The third-order valence-electron chi connectivity index (χ3n) is 3.15. The van der Waals surface area contributed by atoms with Crippen molar-refractivity contribution in [3.8, 4) is 11.3 Å². The molecule has 0 bridgehead atoms. The van der Waals surface area contributed by atoms with Gasteiger partial charge in [-0.15, -0.1) is 0 Å². The number of pyridine rings is 1. The van der Waals surface area contributed by atoms with Gasteiger partial charge in [0.25, 0.3) is 0 Å². The zero-order valence-corrected chi connectivity index (χ0v) is 11.4. The summed E-state index contributed by atoms with van der Waals surface area (Å²) in [6, 6.07) is 13.9. The zero-order valence-electron chi connectivity index (χ0n) is 11.4. The molecule has 0 aliphatic heterocycles. The van der Waals surface area contributed by atoms with E-state index in [1.165, 1.54) is 12.5 Å². The third-order valence-corrected chi connectivity index (χ3v) is 3.15. The van der Waals surface area contributed by atoms with Gasteiger partial charge < -0.3 is 5.32 Å². The van der Waals surface area contributed by atoms with E-state index in [0.29, 0.717) is 5.82 Å². The summed E-state index contributed by atoms with van der Waals surface area (Å²) in [6.45, 7) is 3.55. The number of carbonyl (C=O) groups excluding carboxylic acids is 1. The highest BCUT2D eigenvalue weighted by Crippen LogP contribution is 2.28. The number of aromatic nitrogens is 2. The van der Waals surface area contributed by atoms with Crippen LogP contribution in [-0.2, 0) is 4.79 Å². The Balaban J connectivity index is 2.23. The topological polar surface area (TPSA) is 46.4 Å². The molecule has 0 unspecified atom stereocenters. The summed E-state index contributed by atoms with van der Waals surface area (Å²) in [7, 11) is 0. The van der Waals surface area contributed by atoms with Crippen molar-refractivity contribution in [3.05, 3.63) is 54.2 Å². The number of nitrogens with zero attached hydrogens (tertiary/aromatic N) is 2. The van der Waals surface area contributed by atoms with E-state index in [0.717, 1.165) is 16.9 Å². The largest absolute Gasteiger partial charge is 0.310 e. The molecule has 1 aromatic carbocycles. The molecule has 3 aromatic rings. The first-order valence-corrected chi connectivity index (χ1v) is 6.47. The normalized spacial score (nSPS) is 10.7. The van der Waals surface area contributed by atoms with Gasteiger partial charge in [-0.2, -0.15) is 0 Å². The average molecular weight is 265 g/mol. The van der Waals surface area contributed by atoms with Crippen molar-refractivity contribution in [1.29, 1.82) is 0 Å². The number of aryl methyl sites for hydroxylation is 1. The summed E-state index contributed by atoms with van der Waals surface area (Å²) < 4.78 is 1.89. The van der Waals surface area contributed by atoms with Gasteiger partial charge in [0.1, 0.15) is 17.2 Å². The summed E-state index contributed by atoms with van der Waals surface area (Å²) >= 11 is 0. The summed E-state index contributed by atoms with van der Waals surface area (Å²) in [4.78, 5) is 16.1. The standard InChI is InChI=1S/C16H15N3O/c1-11-6-8-13(9-7-11)15-16(17-12(2)20)19-10-4-3-5-14(19)18-15/h3-10H,1-2H3,(H,17,20). The van der Waals surface area contributed by atoms with Gasteiger partial charge in [-0.25, -0.2) is 4.98 Å². The zero-order chi connectivity index (χ0) is 14.1. The number of carbonyl (C=O) groups is 1. The average Bonchev–Trinajstić information content (AvgIpc) is 2.78. The van der Waals surface area contributed by atoms with Crippen LogP contribution in [0.2, 0.25) is 0 Å². The maximum atomic E-state index is 11.4. The van der Waals surface area contributed by atoms with Gasteiger partial charge in [0.15, 0.2) is 0 Å². The van der Waals surface area contributed by atoms with E-state index in [1.54, 1.807) is 0 Å². The lowest BCUT2D eigenvalue weighted by Gasteiger charge is -2.05. The molecule has 1 N–H and O–H groups in total. The predicted molar refractivity (Wildman–Crippen MR) is 79.7 cm³/mol. The second-order valence-corrected chi connectivity index (χ2v) is 4.79. The lowest BCUT2D eigenvalue weighted by Crippen LogP contribution is -2.08. The second kappa shape index (κ2) is 4.81. The van der Waals surface area contributed by atoms with E-state index in [4.69, 9.17) is 0 Å². The monoisotopic (exact) mass is 265 g/mol. The second-order valence-electron chi connectivity index (χ2n) is 4.79. The van der Waals surface area contributed by atoms with Crippen LogP contribution >= 0.6 is 0 Å². The van der Waals surface area contributed by atoms with Crippen LogP contribution < -0.4 is 5.32 Å². The molecule has 1 amide bonds. The summed E-state index contributed by atoms with van der Waals surface area (Å²) in [5.74, 6) is 0.598. The Labute approximate surface area is 117 Å². The van der Waals surface area contributed by atoms with Crippen molar-refractivity contribution in [2.75, 3.05) is 5.32 Å². The van der Waals surface area contributed by atoms with Crippen molar-refractivity contribution >= 4 is 17.4 Å². The summed E-state index contributed by atoms with van der Waals surface area (Å²) in [5, 5.41) is 2.87. The van der Waals surface area contributed by atoms with Crippen LogP contribution in [0.25, 0.3) is 16.9 Å². The van der Waals surface area contributed by atoms with Gasteiger partial charge in [0, 0.05) is 18.7 Å². The first-order chi connectivity index (χ1) is 9.65. The first kappa shape index (κ1) is 12.4. The molecule has 0 aliphatic rings. The number of fused-ring (bicyclic) bond motifs is 1. The fourth-order valence-electron chi connectivity index (χ4n) is 2.19. The number of hydrogen-bond acceptors (Lipinski definition) is 2. The third kappa shape index (κ3) is 2.16.